The first-order chi connectivity index (χ1) is 7.49. The molecule has 16 heavy (non-hydrogen) atoms. The van der Waals surface area contributed by atoms with Gasteiger partial charge in [-0.1, -0.05) is 12.5 Å². The molecule has 1 aliphatic carbocycles. The monoisotopic (exact) mass is 225 g/mol. The number of allylic oxidation sites excluding steroid dienone is 1. The molecule has 0 radical (unpaired) electrons. The van der Waals surface area contributed by atoms with Gasteiger partial charge in [-0.25, -0.2) is 0 Å². The largest absolute Gasteiger partial charge is 0.481 e. The summed E-state index contributed by atoms with van der Waals surface area (Å²) in [6.07, 6.45) is 4.09. The van der Waals surface area contributed by atoms with Crippen LogP contribution in [0.15, 0.2) is 11.6 Å². The summed E-state index contributed by atoms with van der Waals surface area (Å²) in [5, 5.41) is 11.3. The van der Waals surface area contributed by atoms with Crippen LogP contribution in [-0.2, 0) is 9.59 Å². The molecule has 0 aromatic rings. The third kappa shape index (κ3) is 4.96. The molecule has 2 N–H and O–H groups in total. The number of carbonyl (C=O) groups excluding carboxylic acids is 1. The molecular formula is C12H19NO3. The molecule has 90 valence electrons. The third-order valence-corrected chi connectivity index (χ3v) is 2.73. The number of aliphatic carboxylic acids is 1. The molecule has 1 atom stereocenters. The van der Waals surface area contributed by atoms with Gasteiger partial charge in [0.1, 0.15) is 0 Å². The molecule has 0 heterocycles. The molecule has 0 aromatic carbocycles. The van der Waals surface area contributed by atoms with Gasteiger partial charge in [0.25, 0.3) is 0 Å². The van der Waals surface area contributed by atoms with Crippen molar-refractivity contribution in [2.75, 3.05) is 6.54 Å². The minimum atomic E-state index is -0.827. The summed E-state index contributed by atoms with van der Waals surface area (Å²) in [5.74, 6) is -0.369. The first kappa shape index (κ1) is 12.7. The molecule has 0 aromatic heterocycles. The van der Waals surface area contributed by atoms with Crippen LogP contribution in [0.5, 0.6) is 0 Å². The molecule has 0 spiro atoms. The number of carbonyl (C=O) groups is 2. The lowest BCUT2D eigenvalue weighted by Crippen LogP contribution is -2.28. The lowest BCUT2D eigenvalue weighted by molar-refractivity contribution is -0.138. The normalized spacial score (nSPS) is 18.0. The fourth-order valence-corrected chi connectivity index (χ4v) is 1.56. The van der Waals surface area contributed by atoms with Crippen LogP contribution in [0.3, 0.4) is 0 Å². The van der Waals surface area contributed by atoms with Gasteiger partial charge in [0, 0.05) is 19.0 Å². The van der Waals surface area contributed by atoms with Crippen molar-refractivity contribution in [3.05, 3.63) is 11.6 Å². The standard InChI is InChI=1S/C12H19NO3/c1-8(5-12(15)16)7-13-11(14)6-9(2)10-3-4-10/h6,8,10H,3-5,7H2,1-2H3,(H,13,14)(H,15,16)/b9-6-. The molecule has 0 aliphatic heterocycles. The van der Waals surface area contributed by atoms with Crippen LogP contribution in [0.2, 0.25) is 0 Å². The van der Waals surface area contributed by atoms with E-state index in [1.807, 2.05) is 13.8 Å². The summed E-state index contributed by atoms with van der Waals surface area (Å²) < 4.78 is 0. The predicted molar refractivity (Wildman–Crippen MR) is 60.9 cm³/mol. The average molecular weight is 225 g/mol. The first-order valence-corrected chi connectivity index (χ1v) is 5.67. The van der Waals surface area contributed by atoms with Gasteiger partial charge in [-0.05, 0) is 31.6 Å². The Morgan fingerprint density at radius 2 is 2.12 bits per heavy atom. The molecule has 1 aliphatic rings. The van der Waals surface area contributed by atoms with Crippen LogP contribution in [-0.4, -0.2) is 23.5 Å². The molecule has 1 saturated carbocycles. The summed E-state index contributed by atoms with van der Waals surface area (Å²) >= 11 is 0. The van der Waals surface area contributed by atoms with Crippen LogP contribution in [0, 0.1) is 11.8 Å². The van der Waals surface area contributed by atoms with Gasteiger partial charge < -0.3 is 10.4 Å². The van der Waals surface area contributed by atoms with Crippen molar-refractivity contribution in [1.29, 1.82) is 0 Å². The van der Waals surface area contributed by atoms with E-state index in [2.05, 4.69) is 5.32 Å². The summed E-state index contributed by atoms with van der Waals surface area (Å²) in [6, 6.07) is 0. The molecular weight excluding hydrogens is 206 g/mol. The van der Waals surface area contributed by atoms with Gasteiger partial charge in [-0.15, -0.1) is 0 Å². The number of carboxylic acids is 1. The highest BCUT2D eigenvalue weighted by Gasteiger charge is 2.23. The summed E-state index contributed by atoms with van der Waals surface area (Å²) in [6.45, 7) is 4.20. The smallest absolute Gasteiger partial charge is 0.303 e. The molecule has 1 fully saturated rings. The van der Waals surface area contributed by atoms with Crippen molar-refractivity contribution in [1.82, 2.24) is 5.32 Å². The maximum atomic E-state index is 11.4. The van der Waals surface area contributed by atoms with Crippen LogP contribution in [0.25, 0.3) is 0 Å². The van der Waals surface area contributed by atoms with E-state index in [0.717, 1.165) is 5.57 Å². The van der Waals surface area contributed by atoms with E-state index in [0.29, 0.717) is 12.5 Å². The zero-order valence-electron chi connectivity index (χ0n) is 9.82. The quantitative estimate of drug-likeness (QED) is 0.674. The first-order valence-electron chi connectivity index (χ1n) is 5.67. The van der Waals surface area contributed by atoms with Crippen LogP contribution >= 0.6 is 0 Å². The van der Waals surface area contributed by atoms with Gasteiger partial charge in [0.05, 0.1) is 0 Å². The van der Waals surface area contributed by atoms with Crippen molar-refractivity contribution < 1.29 is 14.7 Å². The molecule has 1 amide bonds. The van der Waals surface area contributed by atoms with E-state index in [4.69, 9.17) is 5.11 Å². The Bertz CT molecular complexity index is 305. The number of nitrogens with one attached hydrogen (secondary N) is 1. The molecule has 4 heteroatoms. The summed E-state index contributed by atoms with van der Waals surface area (Å²) in [4.78, 5) is 21.8. The van der Waals surface area contributed by atoms with Gasteiger partial charge in [0.15, 0.2) is 0 Å². The van der Waals surface area contributed by atoms with Crippen molar-refractivity contribution >= 4 is 11.9 Å². The van der Waals surface area contributed by atoms with Crippen molar-refractivity contribution in [2.45, 2.75) is 33.1 Å². The van der Waals surface area contributed by atoms with E-state index < -0.39 is 5.97 Å². The van der Waals surface area contributed by atoms with E-state index in [1.54, 1.807) is 6.08 Å². The highest BCUT2D eigenvalue weighted by molar-refractivity contribution is 5.88. The van der Waals surface area contributed by atoms with Crippen LogP contribution < -0.4 is 5.32 Å². The summed E-state index contributed by atoms with van der Waals surface area (Å²) in [7, 11) is 0. The molecule has 4 nitrogen and oxygen atoms in total. The Hall–Kier alpha value is -1.32. The van der Waals surface area contributed by atoms with E-state index in [-0.39, 0.29) is 18.2 Å². The second-order valence-corrected chi connectivity index (χ2v) is 4.61. The lowest BCUT2D eigenvalue weighted by atomic mass is 10.1. The number of rotatable bonds is 6. The van der Waals surface area contributed by atoms with Crippen LogP contribution in [0.1, 0.15) is 33.1 Å². The SMILES string of the molecule is C/C(=C/C(=O)NCC(C)CC(=O)O)C1CC1. The van der Waals surface area contributed by atoms with Gasteiger partial charge in [0.2, 0.25) is 5.91 Å². The Labute approximate surface area is 95.7 Å². The number of amides is 1. The van der Waals surface area contributed by atoms with E-state index in [9.17, 15) is 9.59 Å². The Balaban J connectivity index is 2.23. The summed E-state index contributed by atoms with van der Waals surface area (Å²) in [5.41, 5.74) is 1.13. The Morgan fingerprint density at radius 3 is 2.62 bits per heavy atom. The fraction of sp³-hybridized carbons (Fsp3) is 0.667. The highest BCUT2D eigenvalue weighted by atomic mass is 16.4. The second-order valence-electron chi connectivity index (χ2n) is 4.61. The average Bonchev–Trinajstić information content (AvgIpc) is 2.96. The number of carboxylic acid groups (broad SMARTS) is 1. The molecule has 0 saturated heterocycles. The lowest BCUT2D eigenvalue weighted by Gasteiger charge is -2.09. The third-order valence-electron chi connectivity index (χ3n) is 2.73. The molecule has 1 unspecified atom stereocenters. The maximum Gasteiger partial charge on any atom is 0.303 e. The van der Waals surface area contributed by atoms with Gasteiger partial charge >= 0.3 is 5.97 Å². The predicted octanol–water partition coefficient (Wildman–Crippen LogP) is 1.57. The molecule has 1 rings (SSSR count). The highest BCUT2D eigenvalue weighted by Crippen LogP contribution is 2.35. The van der Waals surface area contributed by atoms with E-state index >= 15 is 0 Å². The fourth-order valence-electron chi connectivity index (χ4n) is 1.56. The van der Waals surface area contributed by atoms with Crippen molar-refractivity contribution in [2.24, 2.45) is 11.8 Å². The zero-order valence-corrected chi connectivity index (χ0v) is 9.82. The second kappa shape index (κ2) is 5.68. The van der Waals surface area contributed by atoms with Gasteiger partial charge in [-0.2, -0.15) is 0 Å². The Kier molecular flexibility index (Phi) is 4.52. The topological polar surface area (TPSA) is 66.4 Å². The number of hydrogen-bond acceptors (Lipinski definition) is 2. The van der Waals surface area contributed by atoms with Crippen molar-refractivity contribution in [3.63, 3.8) is 0 Å². The number of hydrogen-bond donors (Lipinski definition) is 2. The van der Waals surface area contributed by atoms with Crippen molar-refractivity contribution in [3.8, 4) is 0 Å². The maximum absolute atomic E-state index is 11.4. The van der Waals surface area contributed by atoms with E-state index in [1.165, 1.54) is 12.8 Å². The van der Waals surface area contributed by atoms with Gasteiger partial charge in [-0.3, -0.25) is 9.59 Å². The Morgan fingerprint density at radius 1 is 1.50 bits per heavy atom. The minimum Gasteiger partial charge on any atom is -0.481 e. The zero-order chi connectivity index (χ0) is 12.1. The molecule has 0 bridgehead atoms. The van der Waals surface area contributed by atoms with Crippen LogP contribution in [0.4, 0.5) is 0 Å². The minimum absolute atomic E-state index is 0.0314.